The van der Waals surface area contributed by atoms with Crippen LogP contribution < -0.4 is 4.90 Å². The van der Waals surface area contributed by atoms with Crippen LogP contribution in [0.2, 0.25) is 0 Å². The number of carbonyl (C=O) groups is 2. The number of ether oxygens (including phenoxy) is 1. The van der Waals surface area contributed by atoms with Gasteiger partial charge in [-0.15, -0.1) is 0 Å². The topological polar surface area (TPSA) is 53.1 Å². The Labute approximate surface area is 209 Å². The molecule has 35 heavy (non-hydrogen) atoms. The van der Waals surface area contributed by atoms with Crippen LogP contribution in [0.3, 0.4) is 0 Å². The molecule has 2 aliphatic rings. The summed E-state index contributed by atoms with van der Waals surface area (Å²) in [6.07, 6.45) is 0.420. The van der Waals surface area contributed by atoms with Crippen molar-refractivity contribution >= 4 is 17.7 Å². The van der Waals surface area contributed by atoms with Crippen molar-refractivity contribution in [3.05, 3.63) is 65.2 Å². The molecule has 0 aromatic heterocycles. The number of aryl methyl sites for hydroxylation is 2. The number of amides is 2. The number of hydrogen-bond acceptors (Lipinski definition) is 4. The summed E-state index contributed by atoms with van der Waals surface area (Å²) in [5.74, 6) is -0.0296. The van der Waals surface area contributed by atoms with Crippen LogP contribution in [0, 0.1) is 19.8 Å². The third-order valence-electron chi connectivity index (χ3n) is 7.11. The Bertz CT molecular complexity index is 1040. The molecule has 188 valence electrons. The Morgan fingerprint density at radius 2 is 1.57 bits per heavy atom. The zero-order chi connectivity index (χ0) is 25.2. The summed E-state index contributed by atoms with van der Waals surface area (Å²) in [5.41, 5.74) is 4.38. The molecular formula is C29H39N3O3. The van der Waals surface area contributed by atoms with Crippen molar-refractivity contribution in [1.29, 1.82) is 0 Å². The van der Waals surface area contributed by atoms with Gasteiger partial charge < -0.3 is 19.4 Å². The molecule has 2 fully saturated rings. The van der Waals surface area contributed by atoms with Crippen LogP contribution in [0.25, 0.3) is 0 Å². The molecule has 0 bridgehead atoms. The first-order chi connectivity index (χ1) is 16.6. The number of likely N-dealkylation sites (tertiary alicyclic amines) is 1. The molecule has 0 N–H and O–H groups in total. The molecule has 2 aliphatic heterocycles. The van der Waals surface area contributed by atoms with Crippen molar-refractivity contribution in [2.75, 3.05) is 44.2 Å². The van der Waals surface area contributed by atoms with E-state index in [9.17, 15) is 9.59 Å². The Hall–Kier alpha value is -3.02. The third kappa shape index (κ3) is 5.98. The summed E-state index contributed by atoms with van der Waals surface area (Å²) >= 11 is 0. The van der Waals surface area contributed by atoms with Crippen molar-refractivity contribution in [2.24, 2.45) is 5.92 Å². The van der Waals surface area contributed by atoms with Crippen molar-refractivity contribution in [2.45, 2.75) is 52.6 Å². The highest BCUT2D eigenvalue weighted by Crippen LogP contribution is 2.35. The maximum atomic E-state index is 13.9. The van der Waals surface area contributed by atoms with Crippen LogP contribution in [0.1, 0.15) is 49.8 Å². The monoisotopic (exact) mass is 477 g/mol. The first-order valence-electron chi connectivity index (χ1n) is 12.8. The molecule has 2 amide bonds. The lowest BCUT2D eigenvalue weighted by molar-refractivity contribution is -0.138. The number of carbonyl (C=O) groups excluding carboxylic acids is 2. The van der Waals surface area contributed by atoms with Gasteiger partial charge in [-0.2, -0.15) is 0 Å². The largest absolute Gasteiger partial charge is 0.444 e. The summed E-state index contributed by atoms with van der Waals surface area (Å²) in [6, 6.07) is 16.8. The minimum atomic E-state index is -0.558. The highest BCUT2D eigenvalue weighted by Gasteiger charge is 2.40. The Morgan fingerprint density at radius 3 is 2.23 bits per heavy atom. The fourth-order valence-electron chi connectivity index (χ4n) is 5.26. The standard InChI is InChI=1S/C29H39N3O3/c1-21-11-12-22(2)26(19-21)30-15-17-31(18-16-30)27(33)25-20-32(28(34)35-29(3,4)5)14-13-24(25)23-9-7-6-8-10-23/h6-12,19,24-25H,13-18,20H2,1-5H3/t24-,25+/m1/s1. The SMILES string of the molecule is Cc1ccc(C)c(N2CCN(C(=O)[C@H]3CN(C(=O)OC(C)(C)C)CC[C@@H]3c3ccccc3)CC2)c1. The number of piperidine rings is 1. The van der Waals surface area contributed by atoms with Gasteiger partial charge in [0.25, 0.3) is 0 Å². The van der Waals surface area contributed by atoms with E-state index in [-0.39, 0.29) is 23.8 Å². The van der Waals surface area contributed by atoms with Crippen molar-refractivity contribution in [3.63, 3.8) is 0 Å². The first kappa shape index (κ1) is 25.1. The number of nitrogens with zero attached hydrogens (tertiary/aromatic N) is 3. The Morgan fingerprint density at radius 1 is 0.886 bits per heavy atom. The van der Waals surface area contributed by atoms with Gasteiger partial charge in [-0.3, -0.25) is 4.79 Å². The molecule has 0 spiro atoms. The predicted molar refractivity (Wildman–Crippen MR) is 140 cm³/mol. The lowest BCUT2D eigenvalue weighted by atomic mass is 9.79. The minimum Gasteiger partial charge on any atom is -0.444 e. The number of piperazine rings is 1. The molecule has 2 aromatic rings. The average molecular weight is 478 g/mol. The molecule has 0 unspecified atom stereocenters. The molecule has 6 nitrogen and oxygen atoms in total. The molecule has 2 heterocycles. The van der Waals surface area contributed by atoms with E-state index in [1.807, 2.05) is 43.9 Å². The van der Waals surface area contributed by atoms with E-state index in [1.165, 1.54) is 22.4 Å². The molecular weight excluding hydrogens is 438 g/mol. The van der Waals surface area contributed by atoms with Gasteiger partial charge in [0.15, 0.2) is 0 Å². The zero-order valence-corrected chi connectivity index (χ0v) is 21.8. The normalized spacial score (nSPS) is 21.1. The van der Waals surface area contributed by atoms with E-state index in [0.29, 0.717) is 26.2 Å². The highest BCUT2D eigenvalue weighted by molar-refractivity contribution is 5.82. The molecule has 2 atom stereocenters. The second-order valence-electron chi connectivity index (χ2n) is 10.9. The van der Waals surface area contributed by atoms with Crippen LogP contribution in [0.15, 0.2) is 48.5 Å². The average Bonchev–Trinajstić information content (AvgIpc) is 2.84. The van der Waals surface area contributed by atoms with Gasteiger partial charge in [0.05, 0.1) is 5.92 Å². The molecule has 2 saturated heterocycles. The van der Waals surface area contributed by atoms with Crippen LogP contribution >= 0.6 is 0 Å². The smallest absolute Gasteiger partial charge is 0.410 e. The molecule has 0 aliphatic carbocycles. The van der Waals surface area contributed by atoms with Crippen LogP contribution in [0.5, 0.6) is 0 Å². The maximum absolute atomic E-state index is 13.9. The summed E-state index contributed by atoms with van der Waals surface area (Å²) in [7, 11) is 0. The van der Waals surface area contributed by atoms with E-state index in [2.05, 4.69) is 49.1 Å². The Kier molecular flexibility index (Phi) is 7.39. The molecule has 2 aromatic carbocycles. The second-order valence-corrected chi connectivity index (χ2v) is 10.9. The van der Waals surface area contributed by atoms with Gasteiger partial charge in [0.1, 0.15) is 5.60 Å². The van der Waals surface area contributed by atoms with Gasteiger partial charge in [-0.1, -0.05) is 42.5 Å². The van der Waals surface area contributed by atoms with E-state index < -0.39 is 5.60 Å². The lowest BCUT2D eigenvalue weighted by Crippen LogP contribution is -2.55. The van der Waals surface area contributed by atoms with Crippen LogP contribution in [-0.2, 0) is 9.53 Å². The maximum Gasteiger partial charge on any atom is 0.410 e. The summed E-state index contributed by atoms with van der Waals surface area (Å²) in [6.45, 7) is 13.9. The summed E-state index contributed by atoms with van der Waals surface area (Å²) in [5, 5.41) is 0. The quantitative estimate of drug-likeness (QED) is 0.625. The molecule has 6 heteroatoms. The van der Waals surface area contributed by atoms with Gasteiger partial charge in [-0.25, -0.2) is 4.79 Å². The van der Waals surface area contributed by atoms with Crippen molar-refractivity contribution in [1.82, 2.24) is 9.80 Å². The zero-order valence-electron chi connectivity index (χ0n) is 21.8. The predicted octanol–water partition coefficient (Wildman–Crippen LogP) is 4.99. The second kappa shape index (κ2) is 10.3. The lowest BCUT2D eigenvalue weighted by Gasteiger charge is -2.43. The minimum absolute atomic E-state index is 0.0967. The molecule has 0 radical (unpaired) electrons. The highest BCUT2D eigenvalue weighted by atomic mass is 16.6. The Balaban J connectivity index is 1.49. The molecule has 0 saturated carbocycles. The van der Waals surface area contributed by atoms with E-state index in [4.69, 9.17) is 4.74 Å². The van der Waals surface area contributed by atoms with Gasteiger partial charge in [0.2, 0.25) is 5.91 Å². The summed E-state index contributed by atoms with van der Waals surface area (Å²) in [4.78, 5) is 32.8. The summed E-state index contributed by atoms with van der Waals surface area (Å²) < 4.78 is 5.63. The number of hydrogen-bond donors (Lipinski definition) is 0. The first-order valence-corrected chi connectivity index (χ1v) is 12.8. The van der Waals surface area contributed by atoms with Crippen LogP contribution in [0.4, 0.5) is 10.5 Å². The van der Waals surface area contributed by atoms with Crippen molar-refractivity contribution < 1.29 is 14.3 Å². The van der Waals surface area contributed by atoms with Crippen LogP contribution in [-0.4, -0.2) is 66.7 Å². The van der Waals surface area contributed by atoms with Crippen molar-refractivity contribution in [3.8, 4) is 0 Å². The fourth-order valence-corrected chi connectivity index (χ4v) is 5.26. The fraction of sp³-hybridized carbons (Fsp3) is 0.517. The number of benzene rings is 2. The van der Waals surface area contributed by atoms with E-state index in [1.54, 1.807) is 4.90 Å². The number of rotatable bonds is 3. The number of anilines is 1. The van der Waals surface area contributed by atoms with E-state index >= 15 is 0 Å². The van der Waals surface area contributed by atoms with Gasteiger partial charge in [0, 0.05) is 45.0 Å². The van der Waals surface area contributed by atoms with Gasteiger partial charge in [-0.05, 0) is 69.7 Å². The third-order valence-corrected chi connectivity index (χ3v) is 7.11. The molecule has 4 rings (SSSR count). The van der Waals surface area contributed by atoms with E-state index in [0.717, 1.165) is 19.5 Å². The van der Waals surface area contributed by atoms with Gasteiger partial charge >= 0.3 is 6.09 Å².